The average molecular weight is 152 g/mol. The minimum Gasteiger partial charge on any atom is -0.329 e. The highest BCUT2D eigenvalue weighted by molar-refractivity contribution is 5.92. The van der Waals surface area contributed by atoms with E-state index in [1.807, 2.05) is 6.92 Å². The van der Waals surface area contributed by atoms with Crippen LogP contribution in [0.3, 0.4) is 0 Å². The normalized spacial score (nSPS) is 24.4. The molecule has 11 heavy (non-hydrogen) atoms. The Kier molecular flexibility index (Phi) is 2.50. The lowest BCUT2D eigenvalue weighted by atomic mass is 10.2. The van der Waals surface area contributed by atoms with E-state index in [-0.39, 0.29) is 5.91 Å². The van der Waals surface area contributed by atoms with Crippen molar-refractivity contribution in [3.63, 3.8) is 0 Å². The molecule has 0 saturated carbocycles. The molecule has 1 amide bonds. The summed E-state index contributed by atoms with van der Waals surface area (Å²) in [4.78, 5) is 12.7. The van der Waals surface area contributed by atoms with E-state index in [1.165, 1.54) is 0 Å². The van der Waals surface area contributed by atoms with Crippen molar-refractivity contribution in [2.24, 2.45) is 0 Å². The third-order valence-corrected chi connectivity index (χ3v) is 1.78. The zero-order chi connectivity index (χ0) is 8.27. The Morgan fingerprint density at radius 1 is 1.82 bits per heavy atom. The van der Waals surface area contributed by atoms with Crippen LogP contribution < -0.4 is 5.32 Å². The minimum absolute atomic E-state index is 0.196. The fraction of sp³-hybridized carbons (Fsp3) is 0.625. The summed E-state index contributed by atoms with van der Waals surface area (Å²) in [5.41, 5.74) is 0. The Bertz CT molecular complexity index is 195. The zero-order valence-electron chi connectivity index (χ0n) is 6.63. The van der Waals surface area contributed by atoms with E-state index < -0.39 is 0 Å². The van der Waals surface area contributed by atoms with Crippen LogP contribution in [0.2, 0.25) is 0 Å². The van der Waals surface area contributed by atoms with Gasteiger partial charge < -0.3 is 10.2 Å². The van der Waals surface area contributed by atoms with E-state index in [0.717, 1.165) is 19.6 Å². The van der Waals surface area contributed by atoms with Gasteiger partial charge in [-0.3, -0.25) is 4.79 Å². The van der Waals surface area contributed by atoms with Gasteiger partial charge in [0.2, 0.25) is 0 Å². The number of nitrogens with one attached hydrogen (secondary N) is 1. The van der Waals surface area contributed by atoms with Crippen LogP contribution in [0.25, 0.3) is 0 Å². The molecule has 60 valence electrons. The maximum atomic E-state index is 11.0. The highest BCUT2D eigenvalue weighted by atomic mass is 16.2. The smallest absolute Gasteiger partial charge is 0.298 e. The lowest BCUT2D eigenvalue weighted by molar-refractivity contribution is -0.126. The molecule has 0 aromatic carbocycles. The maximum absolute atomic E-state index is 11.0. The fourth-order valence-electron chi connectivity index (χ4n) is 1.21. The molecule has 1 rings (SSSR count). The number of carbonyl (C=O) groups excluding carboxylic acids is 1. The van der Waals surface area contributed by atoms with E-state index in [4.69, 9.17) is 6.42 Å². The van der Waals surface area contributed by atoms with Crippen molar-refractivity contribution in [3.8, 4) is 12.3 Å². The molecule has 1 aliphatic rings. The number of piperazine rings is 1. The van der Waals surface area contributed by atoms with Crippen molar-refractivity contribution >= 4 is 5.91 Å². The summed E-state index contributed by atoms with van der Waals surface area (Å²) in [6.07, 6.45) is 4.99. The van der Waals surface area contributed by atoms with Crippen LogP contribution in [0.1, 0.15) is 6.92 Å². The molecule has 0 bridgehead atoms. The first-order valence-corrected chi connectivity index (χ1v) is 3.73. The van der Waals surface area contributed by atoms with Gasteiger partial charge in [0.25, 0.3) is 5.91 Å². The quantitative estimate of drug-likeness (QED) is 0.472. The SMILES string of the molecule is C#CC(=O)N1CCNC(C)C1. The van der Waals surface area contributed by atoms with Crippen LogP contribution in [0.4, 0.5) is 0 Å². The van der Waals surface area contributed by atoms with Gasteiger partial charge in [0.1, 0.15) is 0 Å². The van der Waals surface area contributed by atoms with Gasteiger partial charge in [0, 0.05) is 25.7 Å². The van der Waals surface area contributed by atoms with Crippen LogP contribution in [-0.4, -0.2) is 36.5 Å². The summed E-state index contributed by atoms with van der Waals surface area (Å²) in [5.74, 6) is 1.92. The molecule has 1 fully saturated rings. The molecule has 0 radical (unpaired) electrons. The number of carbonyl (C=O) groups is 1. The first-order chi connectivity index (χ1) is 5.24. The highest BCUT2D eigenvalue weighted by Gasteiger charge is 2.18. The van der Waals surface area contributed by atoms with Gasteiger partial charge in [-0.15, -0.1) is 6.42 Å². The van der Waals surface area contributed by atoms with Gasteiger partial charge in [-0.05, 0) is 12.8 Å². The van der Waals surface area contributed by atoms with Crippen molar-refractivity contribution in [3.05, 3.63) is 0 Å². The van der Waals surface area contributed by atoms with Gasteiger partial charge in [-0.25, -0.2) is 0 Å². The van der Waals surface area contributed by atoms with Crippen LogP contribution in [-0.2, 0) is 4.79 Å². The van der Waals surface area contributed by atoms with Gasteiger partial charge in [0.15, 0.2) is 0 Å². The summed E-state index contributed by atoms with van der Waals surface area (Å²) in [5, 5.41) is 3.23. The van der Waals surface area contributed by atoms with E-state index in [9.17, 15) is 4.79 Å². The number of nitrogens with zero attached hydrogens (tertiary/aromatic N) is 1. The van der Waals surface area contributed by atoms with E-state index in [1.54, 1.807) is 4.90 Å². The highest BCUT2D eigenvalue weighted by Crippen LogP contribution is 1.97. The lowest BCUT2D eigenvalue weighted by Crippen LogP contribution is -2.51. The molecule has 0 aromatic rings. The Morgan fingerprint density at radius 3 is 3.09 bits per heavy atom. The predicted molar refractivity (Wildman–Crippen MR) is 42.9 cm³/mol. The summed E-state index contributed by atoms with van der Waals surface area (Å²) in [6.45, 7) is 4.33. The third kappa shape index (κ3) is 1.95. The van der Waals surface area contributed by atoms with Gasteiger partial charge in [-0.1, -0.05) is 0 Å². The molecular weight excluding hydrogens is 140 g/mol. The van der Waals surface area contributed by atoms with E-state index >= 15 is 0 Å². The molecule has 0 spiro atoms. The Labute approximate surface area is 66.8 Å². The minimum atomic E-state index is -0.196. The van der Waals surface area contributed by atoms with Crippen molar-refractivity contribution in [2.45, 2.75) is 13.0 Å². The monoisotopic (exact) mass is 152 g/mol. The maximum Gasteiger partial charge on any atom is 0.298 e. The van der Waals surface area contributed by atoms with E-state index in [2.05, 4.69) is 11.2 Å². The van der Waals surface area contributed by atoms with Crippen LogP contribution in [0.15, 0.2) is 0 Å². The first-order valence-electron chi connectivity index (χ1n) is 3.73. The second-order valence-corrected chi connectivity index (χ2v) is 2.75. The summed E-state index contributed by atoms with van der Waals surface area (Å²) in [7, 11) is 0. The van der Waals surface area contributed by atoms with Crippen molar-refractivity contribution in [1.82, 2.24) is 10.2 Å². The predicted octanol–water partition coefficient (Wildman–Crippen LogP) is -0.560. The topological polar surface area (TPSA) is 32.3 Å². The fourth-order valence-corrected chi connectivity index (χ4v) is 1.21. The second-order valence-electron chi connectivity index (χ2n) is 2.75. The molecule has 1 unspecified atom stereocenters. The van der Waals surface area contributed by atoms with Crippen LogP contribution >= 0.6 is 0 Å². The molecule has 1 N–H and O–H groups in total. The van der Waals surface area contributed by atoms with Crippen molar-refractivity contribution < 1.29 is 4.79 Å². The number of hydrogen-bond donors (Lipinski definition) is 1. The molecule has 0 aliphatic carbocycles. The summed E-state index contributed by atoms with van der Waals surface area (Å²) in [6, 6.07) is 0.362. The molecule has 1 heterocycles. The van der Waals surface area contributed by atoms with Gasteiger partial charge >= 0.3 is 0 Å². The number of rotatable bonds is 0. The van der Waals surface area contributed by atoms with Crippen molar-refractivity contribution in [1.29, 1.82) is 0 Å². The molecule has 1 atom stereocenters. The van der Waals surface area contributed by atoms with Gasteiger partial charge in [0.05, 0.1) is 0 Å². The number of terminal acetylenes is 1. The molecule has 3 nitrogen and oxygen atoms in total. The molecule has 1 aliphatic heterocycles. The first kappa shape index (κ1) is 8.09. The third-order valence-electron chi connectivity index (χ3n) is 1.78. The number of hydrogen-bond acceptors (Lipinski definition) is 2. The zero-order valence-corrected chi connectivity index (χ0v) is 6.63. The molecule has 3 heteroatoms. The number of amides is 1. The second kappa shape index (κ2) is 3.40. The summed E-state index contributed by atoms with van der Waals surface area (Å²) < 4.78 is 0. The molecule has 0 aromatic heterocycles. The average Bonchev–Trinajstić information content (AvgIpc) is 2.03. The van der Waals surface area contributed by atoms with Crippen LogP contribution in [0, 0.1) is 12.3 Å². The largest absolute Gasteiger partial charge is 0.329 e. The van der Waals surface area contributed by atoms with E-state index in [0.29, 0.717) is 6.04 Å². The standard InChI is InChI=1S/C8H12N2O/c1-3-8(11)10-5-4-9-7(2)6-10/h1,7,9H,4-6H2,2H3. The molecular formula is C8H12N2O. The van der Waals surface area contributed by atoms with Crippen molar-refractivity contribution in [2.75, 3.05) is 19.6 Å². The molecule has 1 saturated heterocycles. The Hall–Kier alpha value is -1.01. The Balaban J connectivity index is 2.47. The van der Waals surface area contributed by atoms with Gasteiger partial charge in [-0.2, -0.15) is 0 Å². The summed E-state index contributed by atoms with van der Waals surface area (Å²) >= 11 is 0. The lowest BCUT2D eigenvalue weighted by Gasteiger charge is -2.30. The Morgan fingerprint density at radius 2 is 2.55 bits per heavy atom. The van der Waals surface area contributed by atoms with Crippen LogP contribution in [0.5, 0.6) is 0 Å².